The molecule has 40 heavy (non-hydrogen) atoms. The van der Waals surface area contributed by atoms with Gasteiger partial charge in [-0.05, 0) is 62.4 Å². The van der Waals surface area contributed by atoms with Crippen LogP contribution in [0, 0.1) is 0 Å². The second-order valence-electron chi connectivity index (χ2n) is 11.5. The third-order valence-electron chi connectivity index (χ3n) is 8.72. The van der Waals surface area contributed by atoms with Crippen LogP contribution in [0.5, 0.6) is 23.0 Å². The Hall–Kier alpha value is -2.98. The molecule has 0 atom stereocenters. The molecule has 2 aromatic carbocycles. The Morgan fingerprint density at radius 1 is 0.925 bits per heavy atom. The van der Waals surface area contributed by atoms with Crippen LogP contribution >= 0.6 is 0 Å². The summed E-state index contributed by atoms with van der Waals surface area (Å²) in [6.45, 7) is 4.36. The maximum Gasteiger partial charge on any atom is 0.168 e. The van der Waals surface area contributed by atoms with Crippen LogP contribution in [0.4, 0.5) is 5.69 Å². The van der Waals surface area contributed by atoms with Gasteiger partial charge in [0.1, 0.15) is 28.6 Å². The van der Waals surface area contributed by atoms with Gasteiger partial charge in [-0.2, -0.15) is 0 Å². The molecule has 9 heteroatoms. The van der Waals surface area contributed by atoms with Gasteiger partial charge >= 0.3 is 0 Å². The van der Waals surface area contributed by atoms with Crippen LogP contribution in [0.1, 0.15) is 50.5 Å². The molecule has 4 aliphatic rings. The highest BCUT2D eigenvalue weighted by molar-refractivity contribution is 5.73. The highest BCUT2D eigenvalue weighted by atomic mass is 16.7. The van der Waals surface area contributed by atoms with Crippen molar-refractivity contribution < 1.29 is 29.3 Å². The summed E-state index contributed by atoms with van der Waals surface area (Å²) in [5.74, 6) is 1.03. The van der Waals surface area contributed by atoms with Gasteiger partial charge in [0.15, 0.2) is 11.5 Å². The SMILES string of the molecule is CN(C)c1ccc(Oc2cc(O)cc(O)c2C2=CCN(C3CCN(C4CCC5(CC4)OCCCO5)CC3)O2)cc1. The van der Waals surface area contributed by atoms with Crippen LogP contribution in [0.3, 0.4) is 0 Å². The first-order valence-corrected chi connectivity index (χ1v) is 14.6. The van der Waals surface area contributed by atoms with E-state index in [9.17, 15) is 10.2 Å². The van der Waals surface area contributed by atoms with Crippen LogP contribution in [0.2, 0.25) is 0 Å². The van der Waals surface area contributed by atoms with E-state index in [1.807, 2.05) is 54.4 Å². The summed E-state index contributed by atoms with van der Waals surface area (Å²) in [5.41, 5.74) is 1.49. The van der Waals surface area contributed by atoms with Gasteiger partial charge in [0.05, 0.1) is 19.8 Å². The molecule has 3 heterocycles. The largest absolute Gasteiger partial charge is 0.508 e. The predicted molar refractivity (Wildman–Crippen MR) is 152 cm³/mol. The molecule has 0 unspecified atom stereocenters. The predicted octanol–water partition coefficient (Wildman–Crippen LogP) is 5.08. The summed E-state index contributed by atoms with van der Waals surface area (Å²) in [6, 6.07) is 11.4. The van der Waals surface area contributed by atoms with E-state index in [2.05, 4.69) is 4.90 Å². The molecule has 216 valence electrons. The van der Waals surface area contributed by atoms with Crippen LogP contribution in [-0.2, 0) is 14.3 Å². The number of phenolic OH excluding ortho intramolecular Hbond substituents is 2. The third kappa shape index (κ3) is 5.74. The topological polar surface area (TPSA) is 87.1 Å². The minimum Gasteiger partial charge on any atom is -0.508 e. The number of rotatable bonds is 6. The average molecular weight is 552 g/mol. The van der Waals surface area contributed by atoms with Gasteiger partial charge in [-0.1, -0.05) is 0 Å². The van der Waals surface area contributed by atoms with Crippen molar-refractivity contribution >= 4 is 11.4 Å². The molecule has 0 aromatic heterocycles. The Bertz CT molecular complexity index is 1190. The smallest absolute Gasteiger partial charge is 0.168 e. The molecule has 2 aromatic rings. The van der Waals surface area contributed by atoms with E-state index in [-0.39, 0.29) is 17.3 Å². The number of piperidine rings is 1. The molecule has 2 N–H and O–H groups in total. The molecule has 1 spiro atoms. The lowest BCUT2D eigenvalue weighted by Crippen LogP contribution is -2.51. The monoisotopic (exact) mass is 551 g/mol. The molecule has 0 amide bonds. The Balaban J connectivity index is 1.06. The first-order chi connectivity index (χ1) is 19.4. The first kappa shape index (κ1) is 27.2. The quantitative estimate of drug-likeness (QED) is 0.510. The van der Waals surface area contributed by atoms with Crippen molar-refractivity contribution in [1.29, 1.82) is 0 Å². The Labute approximate surface area is 236 Å². The number of hydroxylamine groups is 2. The molecule has 3 aliphatic heterocycles. The van der Waals surface area contributed by atoms with Crippen molar-refractivity contribution in [2.75, 3.05) is 51.8 Å². The number of phenols is 2. The maximum atomic E-state index is 10.8. The van der Waals surface area contributed by atoms with Crippen LogP contribution in [0.25, 0.3) is 5.76 Å². The average Bonchev–Trinajstić information content (AvgIpc) is 3.44. The molecule has 1 saturated carbocycles. The van der Waals surface area contributed by atoms with Crippen LogP contribution in [-0.4, -0.2) is 85.0 Å². The third-order valence-corrected chi connectivity index (χ3v) is 8.72. The summed E-state index contributed by atoms with van der Waals surface area (Å²) in [7, 11) is 3.96. The fourth-order valence-corrected chi connectivity index (χ4v) is 6.45. The number of ether oxygens (including phenoxy) is 3. The summed E-state index contributed by atoms with van der Waals surface area (Å²) in [6.07, 6.45) is 9.25. The zero-order chi connectivity index (χ0) is 27.7. The molecule has 6 rings (SSSR count). The molecular formula is C31H41N3O6. The second kappa shape index (κ2) is 11.5. The van der Waals surface area contributed by atoms with E-state index < -0.39 is 0 Å². The molecule has 1 aliphatic carbocycles. The Morgan fingerprint density at radius 3 is 2.30 bits per heavy atom. The number of hydrogen-bond acceptors (Lipinski definition) is 9. The minimum absolute atomic E-state index is 0.0702. The lowest BCUT2D eigenvalue weighted by Gasteiger charge is -2.46. The van der Waals surface area contributed by atoms with Gasteiger partial charge in [-0.3, -0.25) is 0 Å². The zero-order valence-electron chi connectivity index (χ0n) is 23.6. The van der Waals surface area contributed by atoms with Gasteiger partial charge in [-0.15, -0.1) is 5.06 Å². The molecule has 0 bridgehead atoms. The number of likely N-dealkylation sites (tertiary alicyclic amines) is 1. The van der Waals surface area contributed by atoms with E-state index in [1.54, 1.807) is 0 Å². The number of anilines is 1. The van der Waals surface area contributed by atoms with Crippen LogP contribution < -0.4 is 9.64 Å². The lowest BCUT2D eigenvalue weighted by molar-refractivity contribution is -0.283. The van der Waals surface area contributed by atoms with Gasteiger partial charge < -0.3 is 39.1 Å². The molecular weight excluding hydrogens is 510 g/mol. The van der Waals surface area contributed by atoms with Crippen LogP contribution in [0.15, 0.2) is 42.5 Å². The normalized spacial score (nSPS) is 22.7. The van der Waals surface area contributed by atoms with Crippen molar-refractivity contribution in [3.63, 3.8) is 0 Å². The standard InChI is InChI=1S/C31H41N3O6/c1-32(2)22-4-6-26(7-5-22)39-29-21-25(35)20-27(36)30(29)28-12-17-34(40-28)24-10-15-33(16-11-24)23-8-13-31(14-9-23)37-18-3-19-38-31/h4-7,12,20-21,23-24,35-36H,3,8-11,13-19H2,1-2H3. The maximum absolute atomic E-state index is 10.8. The molecule has 0 radical (unpaired) electrons. The van der Waals surface area contributed by atoms with Gasteiger partial charge in [0, 0.05) is 69.9 Å². The minimum atomic E-state index is -0.323. The molecule has 2 saturated heterocycles. The van der Waals surface area contributed by atoms with E-state index >= 15 is 0 Å². The van der Waals surface area contributed by atoms with Gasteiger partial charge in [0.25, 0.3) is 0 Å². The number of benzene rings is 2. The van der Waals surface area contributed by atoms with Crippen molar-refractivity contribution in [1.82, 2.24) is 9.96 Å². The van der Waals surface area contributed by atoms with Crippen molar-refractivity contribution in [3.8, 4) is 23.0 Å². The zero-order valence-corrected chi connectivity index (χ0v) is 23.6. The van der Waals surface area contributed by atoms with E-state index in [0.717, 1.165) is 76.9 Å². The Kier molecular flexibility index (Phi) is 7.81. The summed E-state index contributed by atoms with van der Waals surface area (Å²) in [5, 5.41) is 23.0. The fourth-order valence-electron chi connectivity index (χ4n) is 6.45. The summed E-state index contributed by atoms with van der Waals surface area (Å²) in [4.78, 5) is 11.0. The molecule has 3 fully saturated rings. The summed E-state index contributed by atoms with van der Waals surface area (Å²) < 4.78 is 18.2. The summed E-state index contributed by atoms with van der Waals surface area (Å²) >= 11 is 0. The van der Waals surface area contributed by atoms with Crippen molar-refractivity contribution in [2.45, 2.75) is 62.8 Å². The van der Waals surface area contributed by atoms with Gasteiger partial charge in [0.2, 0.25) is 0 Å². The van der Waals surface area contributed by atoms with E-state index in [4.69, 9.17) is 19.0 Å². The highest BCUT2D eigenvalue weighted by Crippen LogP contribution is 2.43. The van der Waals surface area contributed by atoms with Crippen molar-refractivity contribution in [3.05, 3.63) is 48.0 Å². The number of nitrogens with zero attached hydrogens (tertiary/aromatic N) is 3. The lowest BCUT2D eigenvalue weighted by atomic mass is 9.87. The van der Waals surface area contributed by atoms with E-state index in [1.165, 1.54) is 12.1 Å². The first-order valence-electron chi connectivity index (χ1n) is 14.6. The number of aromatic hydroxyl groups is 2. The number of hydrogen-bond donors (Lipinski definition) is 2. The second-order valence-corrected chi connectivity index (χ2v) is 11.5. The van der Waals surface area contributed by atoms with Crippen molar-refractivity contribution in [2.24, 2.45) is 0 Å². The fraction of sp³-hybridized carbons (Fsp3) is 0.548. The van der Waals surface area contributed by atoms with Gasteiger partial charge in [-0.25, -0.2) is 0 Å². The Morgan fingerprint density at radius 2 is 1.62 bits per heavy atom. The molecule has 9 nitrogen and oxygen atoms in total. The van der Waals surface area contributed by atoms with E-state index in [0.29, 0.717) is 41.5 Å². The highest BCUT2D eigenvalue weighted by Gasteiger charge is 2.41.